The first-order valence-electron chi connectivity index (χ1n) is 7.70. The van der Waals surface area contributed by atoms with Gasteiger partial charge in [-0.2, -0.15) is 0 Å². The van der Waals surface area contributed by atoms with Crippen molar-refractivity contribution in [3.8, 4) is 11.5 Å². The number of anilines is 1. The van der Waals surface area contributed by atoms with E-state index >= 15 is 0 Å². The maximum atomic E-state index is 12.3. The molecule has 25 heavy (non-hydrogen) atoms. The molecule has 0 atom stereocenters. The summed E-state index contributed by atoms with van der Waals surface area (Å²) in [5.74, 6) is 2.10. The van der Waals surface area contributed by atoms with Crippen molar-refractivity contribution in [2.24, 2.45) is 0 Å². The number of nitrogens with zero attached hydrogens (tertiary/aromatic N) is 2. The van der Waals surface area contributed by atoms with Crippen LogP contribution in [0.1, 0.15) is 16.1 Å². The van der Waals surface area contributed by atoms with Crippen molar-refractivity contribution >= 4 is 23.4 Å². The summed E-state index contributed by atoms with van der Waals surface area (Å²) in [5, 5.41) is 0.509. The summed E-state index contributed by atoms with van der Waals surface area (Å²) in [6.07, 6.45) is 0. The molecule has 0 aliphatic carbocycles. The molecule has 3 aromatic rings. The number of hydrogen-bond donors (Lipinski definition) is 1. The largest absolute Gasteiger partial charge is 0.457 e. The third-order valence-corrected chi connectivity index (χ3v) is 4.19. The molecular weight excluding hydrogens is 334 g/mol. The highest BCUT2D eigenvalue weighted by atomic mass is 32.2. The van der Waals surface area contributed by atoms with Gasteiger partial charge in [0.25, 0.3) is 0 Å². The summed E-state index contributed by atoms with van der Waals surface area (Å²) < 4.78 is 5.72. The van der Waals surface area contributed by atoms with Crippen LogP contribution in [0.5, 0.6) is 11.5 Å². The Hall–Kier alpha value is -2.86. The van der Waals surface area contributed by atoms with Gasteiger partial charge in [-0.25, -0.2) is 9.97 Å². The van der Waals surface area contributed by atoms with Gasteiger partial charge in [0, 0.05) is 17.3 Å². The van der Waals surface area contributed by atoms with Gasteiger partial charge < -0.3 is 10.5 Å². The number of carbonyl (C=O) groups is 1. The number of nitrogens with two attached hydrogens (primary N) is 1. The van der Waals surface area contributed by atoms with Crippen LogP contribution in [-0.2, 0) is 0 Å². The number of para-hydroxylation sites is 1. The Kier molecular flexibility index (Phi) is 5.30. The molecule has 0 fully saturated rings. The van der Waals surface area contributed by atoms with Crippen LogP contribution in [0, 0.1) is 6.92 Å². The van der Waals surface area contributed by atoms with Crippen LogP contribution < -0.4 is 10.5 Å². The van der Waals surface area contributed by atoms with Crippen LogP contribution in [0.4, 0.5) is 5.82 Å². The normalized spacial score (nSPS) is 10.4. The molecule has 1 heterocycles. The minimum Gasteiger partial charge on any atom is -0.457 e. The molecule has 0 saturated heterocycles. The number of ether oxygens (including phenoxy) is 1. The van der Waals surface area contributed by atoms with Crippen LogP contribution in [0.15, 0.2) is 65.8 Å². The van der Waals surface area contributed by atoms with E-state index in [1.807, 2.05) is 37.3 Å². The number of benzene rings is 2. The Morgan fingerprint density at radius 3 is 2.40 bits per heavy atom. The van der Waals surface area contributed by atoms with Crippen molar-refractivity contribution in [2.75, 3.05) is 11.5 Å². The predicted molar refractivity (Wildman–Crippen MR) is 99.2 cm³/mol. The fraction of sp³-hybridized carbons (Fsp3) is 0.105. The Labute approximate surface area is 150 Å². The lowest BCUT2D eigenvalue weighted by molar-refractivity contribution is 0.102. The number of aromatic nitrogens is 2. The fourth-order valence-electron chi connectivity index (χ4n) is 2.18. The minimum absolute atomic E-state index is 0.0000568. The van der Waals surface area contributed by atoms with E-state index in [1.165, 1.54) is 11.8 Å². The van der Waals surface area contributed by atoms with E-state index in [0.29, 0.717) is 22.3 Å². The molecule has 3 rings (SSSR count). The monoisotopic (exact) mass is 351 g/mol. The van der Waals surface area contributed by atoms with Crippen LogP contribution in [0.3, 0.4) is 0 Å². The Morgan fingerprint density at radius 1 is 1.04 bits per heavy atom. The number of thioether (sulfide) groups is 1. The SMILES string of the molecule is Cc1cc(N)nc(SCC(=O)c2ccc(Oc3ccccc3)cc2)n1. The average Bonchev–Trinajstić information content (AvgIpc) is 2.60. The second kappa shape index (κ2) is 7.81. The number of carbonyl (C=O) groups excluding carboxylic acids is 1. The Bertz CT molecular complexity index is 847. The topological polar surface area (TPSA) is 78.1 Å². The predicted octanol–water partition coefficient (Wildman–Crippen LogP) is 4.13. The summed E-state index contributed by atoms with van der Waals surface area (Å²) >= 11 is 1.28. The molecule has 2 N–H and O–H groups in total. The zero-order chi connectivity index (χ0) is 17.6. The van der Waals surface area contributed by atoms with Gasteiger partial charge >= 0.3 is 0 Å². The number of hydrogen-bond acceptors (Lipinski definition) is 6. The molecule has 0 aliphatic rings. The van der Waals surface area contributed by atoms with Gasteiger partial charge in [0.15, 0.2) is 10.9 Å². The van der Waals surface area contributed by atoms with Gasteiger partial charge in [0.1, 0.15) is 17.3 Å². The summed E-state index contributed by atoms with van der Waals surface area (Å²) in [5.41, 5.74) is 7.09. The lowest BCUT2D eigenvalue weighted by atomic mass is 10.1. The molecule has 0 saturated carbocycles. The average molecular weight is 351 g/mol. The summed E-state index contributed by atoms with van der Waals surface area (Å²) in [6.45, 7) is 1.84. The van der Waals surface area contributed by atoms with Crippen molar-refractivity contribution in [3.05, 3.63) is 71.9 Å². The zero-order valence-electron chi connectivity index (χ0n) is 13.7. The van der Waals surface area contributed by atoms with Crippen LogP contribution >= 0.6 is 11.8 Å². The summed E-state index contributed by atoms with van der Waals surface area (Å²) in [4.78, 5) is 20.7. The van der Waals surface area contributed by atoms with Gasteiger partial charge in [-0.1, -0.05) is 30.0 Å². The van der Waals surface area contributed by atoms with E-state index in [0.717, 1.165) is 11.4 Å². The first-order chi connectivity index (χ1) is 12.1. The molecule has 0 amide bonds. The molecule has 0 aliphatic heterocycles. The molecule has 1 aromatic heterocycles. The van der Waals surface area contributed by atoms with Gasteiger partial charge in [-0.15, -0.1) is 0 Å². The highest BCUT2D eigenvalue weighted by Gasteiger charge is 2.09. The van der Waals surface area contributed by atoms with E-state index in [4.69, 9.17) is 10.5 Å². The van der Waals surface area contributed by atoms with Gasteiger partial charge in [0.05, 0.1) is 5.75 Å². The molecule has 0 unspecified atom stereocenters. The number of nitrogen functional groups attached to an aromatic ring is 1. The number of rotatable bonds is 6. The smallest absolute Gasteiger partial charge is 0.190 e. The van der Waals surface area contributed by atoms with Crippen molar-refractivity contribution in [2.45, 2.75) is 12.1 Å². The number of ketones is 1. The molecule has 6 heteroatoms. The standard InChI is InChI=1S/C19H17N3O2S/c1-13-11-18(20)22-19(21-13)25-12-17(23)14-7-9-16(10-8-14)24-15-5-3-2-4-6-15/h2-11H,12H2,1H3,(H2,20,21,22). The lowest BCUT2D eigenvalue weighted by Crippen LogP contribution is -2.04. The Morgan fingerprint density at radius 2 is 1.72 bits per heavy atom. The van der Waals surface area contributed by atoms with E-state index < -0.39 is 0 Å². The molecule has 0 radical (unpaired) electrons. The van der Waals surface area contributed by atoms with Crippen molar-refractivity contribution in [3.63, 3.8) is 0 Å². The number of Topliss-reactive ketones (excluding diaryl/α,β-unsaturated/α-hetero) is 1. The molecule has 0 spiro atoms. The van der Waals surface area contributed by atoms with E-state index in [2.05, 4.69) is 9.97 Å². The van der Waals surface area contributed by atoms with Gasteiger partial charge in [0.2, 0.25) is 0 Å². The van der Waals surface area contributed by atoms with E-state index in [1.54, 1.807) is 30.3 Å². The number of aryl methyl sites for hydroxylation is 1. The third-order valence-electron chi connectivity index (χ3n) is 3.34. The van der Waals surface area contributed by atoms with Crippen LogP contribution in [0.25, 0.3) is 0 Å². The lowest BCUT2D eigenvalue weighted by Gasteiger charge is -2.06. The zero-order valence-corrected chi connectivity index (χ0v) is 14.5. The van der Waals surface area contributed by atoms with Gasteiger partial charge in [-0.3, -0.25) is 4.79 Å². The molecule has 5 nitrogen and oxygen atoms in total. The molecular formula is C19H17N3O2S. The van der Waals surface area contributed by atoms with Crippen LogP contribution in [-0.4, -0.2) is 21.5 Å². The maximum absolute atomic E-state index is 12.3. The molecule has 126 valence electrons. The fourth-order valence-corrected chi connectivity index (χ4v) is 2.98. The van der Waals surface area contributed by atoms with Crippen LogP contribution in [0.2, 0.25) is 0 Å². The minimum atomic E-state index is -0.0000568. The third kappa shape index (κ3) is 4.81. The second-order valence-corrected chi connectivity index (χ2v) is 6.31. The highest BCUT2D eigenvalue weighted by molar-refractivity contribution is 7.99. The van der Waals surface area contributed by atoms with Crippen molar-refractivity contribution in [1.82, 2.24) is 9.97 Å². The summed E-state index contributed by atoms with van der Waals surface area (Å²) in [6, 6.07) is 18.3. The molecule has 0 bridgehead atoms. The second-order valence-electron chi connectivity index (χ2n) is 5.37. The van der Waals surface area contributed by atoms with Gasteiger partial charge in [-0.05, 0) is 43.3 Å². The summed E-state index contributed by atoms with van der Waals surface area (Å²) in [7, 11) is 0. The first-order valence-corrected chi connectivity index (χ1v) is 8.69. The highest BCUT2D eigenvalue weighted by Crippen LogP contribution is 2.22. The Balaban J connectivity index is 1.60. The maximum Gasteiger partial charge on any atom is 0.190 e. The van der Waals surface area contributed by atoms with Crippen molar-refractivity contribution in [1.29, 1.82) is 0 Å². The first kappa shape index (κ1) is 17.0. The van der Waals surface area contributed by atoms with E-state index in [9.17, 15) is 4.79 Å². The quantitative estimate of drug-likeness (QED) is 0.409. The van der Waals surface area contributed by atoms with Crippen molar-refractivity contribution < 1.29 is 9.53 Å². The molecule has 2 aromatic carbocycles. The van der Waals surface area contributed by atoms with E-state index in [-0.39, 0.29) is 11.5 Å².